The fourth-order valence-electron chi connectivity index (χ4n) is 3.07. The van der Waals surface area contributed by atoms with Crippen molar-refractivity contribution in [1.82, 2.24) is 20.9 Å². The lowest BCUT2D eigenvalue weighted by molar-refractivity contribution is -0.121. The minimum absolute atomic E-state index is 0.0476. The van der Waals surface area contributed by atoms with Crippen molar-refractivity contribution in [1.29, 1.82) is 0 Å². The van der Waals surface area contributed by atoms with Crippen molar-refractivity contribution in [3.05, 3.63) is 35.6 Å². The number of amides is 1. The molecule has 1 saturated heterocycles. The van der Waals surface area contributed by atoms with E-state index in [4.69, 9.17) is 4.74 Å². The van der Waals surface area contributed by atoms with Crippen LogP contribution < -0.4 is 16.0 Å². The summed E-state index contributed by atoms with van der Waals surface area (Å²) in [6, 6.07) is 6.62. The van der Waals surface area contributed by atoms with Gasteiger partial charge in [-0.1, -0.05) is 12.1 Å². The number of carbonyl (C=O) groups is 1. The molecule has 0 aromatic heterocycles. The third kappa shape index (κ3) is 7.44. The highest BCUT2D eigenvalue weighted by Crippen LogP contribution is 2.21. The number of ether oxygens (including phenoxy) is 1. The maximum atomic E-state index is 13.3. The van der Waals surface area contributed by atoms with Crippen LogP contribution in [0.15, 0.2) is 29.3 Å². The summed E-state index contributed by atoms with van der Waals surface area (Å²) >= 11 is 0. The molecule has 1 aromatic rings. The summed E-state index contributed by atoms with van der Waals surface area (Å²) in [7, 11) is 1.67. The highest BCUT2D eigenvalue weighted by atomic mass is 19.1. The second kappa shape index (κ2) is 10.4. The number of rotatable bonds is 6. The van der Waals surface area contributed by atoms with Crippen LogP contribution in [-0.4, -0.2) is 68.7 Å². The average molecular weight is 394 g/mol. The fraction of sp³-hybridized carbons (Fsp3) is 0.600. The van der Waals surface area contributed by atoms with Gasteiger partial charge in [0.1, 0.15) is 5.82 Å². The summed E-state index contributed by atoms with van der Waals surface area (Å²) in [5.74, 6) is 0.197. The highest BCUT2D eigenvalue weighted by molar-refractivity contribution is 5.86. The first-order valence-corrected chi connectivity index (χ1v) is 9.61. The Balaban J connectivity index is 1.96. The van der Waals surface area contributed by atoms with Crippen LogP contribution in [0.2, 0.25) is 0 Å². The van der Waals surface area contributed by atoms with Crippen LogP contribution in [0.5, 0.6) is 0 Å². The van der Waals surface area contributed by atoms with Crippen LogP contribution in [0.4, 0.5) is 4.39 Å². The number of morpholine rings is 1. The number of hydrogen-bond donors (Lipinski definition) is 3. The average Bonchev–Trinajstić information content (AvgIpc) is 2.65. The van der Waals surface area contributed by atoms with Crippen molar-refractivity contribution in [3.63, 3.8) is 0 Å². The van der Waals surface area contributed by atoms with Gasteiger partial charge < -0.3 is 20.7 Å². The van der Waals surface area contributed by atoms with E-state index in [1.54, 1.807) is 7.05 Å². The van der Waals surface area contributed by atoms with Crippen molar-refractivity contribution in [3.8, 4) is 0 Å². The molecule has 0 bridgehead atoms. The summed E-state index contributed by atoms with van der Waals surface area (Å²) < 4.78 is 18.8. The zero-order valence-electron chi connectivity index (χ0n) is 17.2. The van der Waals surface area contributed by atoms with E-state index in [2.05, 4.69) is 25.8 Å². The second-order valence-electron chi connectivity index (χ2n) is 7.82. The maximum Gasteiger partial charge on any atom is 0.239 e. The predicted octanol–water partition coefficient (Wildman–Crippen LogP) is 1.28. The summed E-state index contributed by atoms with van der Waals surface area (Å²) in [6.07, 6.45) is 0. The van der Waals surface area contributed by atoms with E-state index in [-0.39, 0.29) is 29.8 Å². The zero-order chi connectivity index (χ0) is 20.6. The van der Waals surface area contributed by atoms with Crippen molar-refractivity contribution in [2.45, 2.75) is 32.4 Å². The van der Waals surface area contributed by atoms with E-state index in [1.807, 2.05) is 32.9 Å². The van der Waals surface area contributed by atoms with E-state index >= 15 is 0 Å². The van der Waals surface area contributed by atoms with E-state index < -0.39 is 0 Å². The molecule has 1 aliphatic heterocycles. The summed E-state index contributed by atoms with van der Waals surface area (Å²) in [5.41, 5.74) is 0.747. The maximum absolute atomic E-state index is 13.3. The number of nitrogens with zero attached hydrogens (tertiary/aromatic N) is 2. The van der Waals surface area contributed by atoms with E-state index in [0.29, 0.717) is 25.7 Å². The number of halogens is 1. The normalized spacial score (nSPS) is 17.1. The van der Waals surface area contributed by atoms with Crippen molar-refractivity contribution >= 4 is 11.9 Å². The van der Waals surface area contributed by atoms with Crippen molar-refractivity contribution in [2.24, 2.45) is 4.99 Å². The molecule has 8 heteroatoms. The molecule has 1 unspecified atom stereocenters. The Morgan fingerprint density at radius 2 is 1.86 bits per heavy atom. The van der Waals surface area contributed by atoms with Gasteiger partial charge in [0.25, 0.3) is 0 Å². The Kier molecular flexibility index (Phi) is 8.19. The first-order chi connectivity index (χ1) is 13.3. The lowest BCUT2D eigenvalue weighted by Crippen LogP contribution is -2.50. The van der Waals surface area contributed by atoms with Crippen molar-refractivity contribution in [2.75, 3.05) is 46.4 Å². The fourth-order valence-corrected chi connectivity index (χ4v) is 3.07. The number of nitrogens with one attached hydrogen (secondary N) is 3. The molecule has 0 spiro atoms. The van der Waals surface area contributed by atoms with Crippen LogP contribution in [0.25, 0.3) is 0 Å². The first-order valence-electron chi connectivity index (χ1n) is 9.61. The molecule has 0 radical (unpaired) electrons. The monoisotopic (exact) mass is 393 g/mol. The first kappa shape index (κ1) is 22.1. The van der Waals surface area contributed by atoms with Gasteiger partial charge in [0, 0.05) is 32.2 Å². The molecule has 1 amide bonds. The molecule has 2 rings (SSSR count). The molecule has 1 aliphatic rings. The summed E-state index contributed by atoms with van der Waals surface area (Å²) in [4.78, 5) is 18.5. The minimum atomic E-state index is -0.278. The van der Waals surface area contributed by atoms with Gasteiger partial charge in [-0.05, 0) is 38.5 Å². The Hall–Kier alpha value is -2.19. The van der Waals surface area contributed by atoms with E-state index in [1.165, 1.54) is 12.1 Å². The van der Waals surface area contributed by atoms with E-state index in [9.17, 15) is 9.18 Å². The number of benzene rings is 1. The molecule has 0 aliphatic carbocycles. The second-order valence-corrected chi connectivity index (χ2v) is 7.82. The molecular formula is C20H32FN5O2. The lowest BCUT2D eigenvalue weighted by atomic mass is 10.0. The van der Waals surface area contributed by atoms with Crippen molar-refractivity contribution < 1.29 is 13.9 Å². The molecule has 1 fully saturated rings. The summed E-state index contributed by atoms with van der Waals surface area (Å²) in [5, 5.41) is 9.22. The molecule has 7 nitrogen and oxygen atoms in total. The molecule has 1 atom stereocenters. The van der Waals surface area contributed by atoms with Gasteiger partial charge in [-0.15, -0.1) is 0 Å². The molecule has 156 valence electrons. The summed E-state index contributed by atoms with van der Waals surface area (Å²) in [6.45, 7) is 9.50. The molecule has 1 aromatic carbocycles. The highest BCUT2D eigenvalue weighted by Gasteiger charge is 2.23. The Bertz CT molecular complexity index is 652. The number of hydrogen-bond acceptors (Lipinski definition) is 4. The standard InChI is InChI=1S/C20H32FN5O2/c1-20(2,3)25-18(27)14-24-19(22-4)23-13-17(26-9-11-28-12-10-26)15-5-7-16(21)8-6-15/h5-8,17H,9-14H2,1-4H3,(H,25,27)(H2,22,23,24). The van der Waals surface area contributed by atoms with Crippen LogP contribution >= 0.6 is 0 Å². The van der Waals surface area contributed by atoms with Gasteiger partial charge >= 0.3 is 0 Å². The third-order valence-electron chi connectivity index (χ3n) is 4.36. The van der Waals surface area contributed by atoms with Gasteiger partial charge in [-0.25, -0.2) is 4.39 Å². The minimum Gasteiger partial charge on any atom is -0.379 e. The molecule has 0 saturated carbocycles. The Morgan fingerprint density at radius 1 is 1.21 bits per heavy atom. The van der Waals surface area contributed by atoms with Gasteiger partial charge in [-0.3, -0.25) is 14.7 Å². The molecule has 1 heterocycles. The van der Waals surface area contributed by atoms with E-state index in [0.717, 1.165) is 18.7 Å². The Morgan fingerprint density at radius 3 is 2.43 bits per heavy atom. The number of guanidine groups is 1. The Labute approximate surface area is 166 Å². The quantitative estimate of drug-likeness (QED) is 0.501. The molecule has 3 N–H and O–H groups in total. The zero-order valence-corrected chi connectivity index (χ0v) is 17.2. The van der Waals surface area contributed by atoms with Gasteiger partial charge in [0.05, 0.1) is 25.8 Å². The molecule has 28 heavy (non-hydrogen) atoms. The third-order valence-corrected chi connectivity index (χ3v) is 4.36. The van der Waals surface area contributed by atoms with Crippen LogP contribution in [0.1, 0.15) is 32.4 Å². The van der Waals surface area contributed by atoms with Crippen LogP contribution in [0.3, 0.4) is 0 Å². The predicted molar refractivity (Wildman–Crippen MR) is 109 cm³/mol. The van der Waals surface area contributed by atoms with Crippen LogP contribution in [-0.2, 0) is 9.53 Å². The molecular weight excluding hydrogens is 361 g/mol. The van der Waals surface area contributed by atoms with Gasteiger partial charge in [-0.2, -0.15) is 0 Å². The largest absolute Gasteiger partial charge is 0.379 e. The number of carbonyl (C=O) groups excluding carboxylic acids is 1. The smallest absolute Gasteiger partial charge is 0.239 e. The SMILES string of the molecule is CN=C(NCC(=O)NC(C)(C)C)NCC(c1ccc(F)cc1)N1CCOCC1. The van der Waals surface area contributed by atoms with Gasteiger partial charge in [0.15, 0.2) is 5.96 Å². The number of aliphatic imine (C=N–C) groups is 1. The van der Waals surface area contributed by atoms with Gasteiger partial charge in [0.2, 0.25) is 5.91 Å². The lowest BCUT2D eigenvalue weighted by Gasteiger charge is -2.35. The van der Waals surface area contributed by atoms with Crippen LogP contribution in [0, 0.1) is 5.82 Å². The topological polar surface area (TPSA) is 78.0 Å².